The van der Waals surface area contributed by atoms with Crippen LogP contribution in [0.5, 0.6) is 5.75 Å². The van der Waals surface area contributed by atoms with E-state index < -0.39 is 0 Å². The molecular weight excluding hydrogens is 491 g/mol. The Balaban J connectivity index is 0.00000256. The quantitative estimate of drug-likeness (QED) is 0.283. The number of halogens is 1. The number of carbonyl (C=O) groups excluding carboxylic acids is 1. The molecule has 0 atom stereocenters. The van der Waals surface area contributed by atoms with Crippen molar-refractivity contribution in [3.63, 3.8) is 0 Å². The van der Waals surface area contributed by atoms with Gasteiger partial charge in [0, 0.05) is 18.3 Å². The zero-order valence-corrected chi connectivity index (χ0v) is 19.4. The van der Waals surface area contributed by atoms with Gasteiger partial charge in [-0.1, -0.05) is 18.2 Å². The molecule has 2 aromatic carbocycles. The molecule has 0 bridgehead atoms. The summed E-state index contributed by atoms with van der Waals surface area (Å²) in [6, 6.07) is 14.5. The fourth-order valence-electron chi connectivity index (χ4n) is 3.54. The van der Waals surface area contributed by atoms with Gasteiger partial charge in [0.2, 0.25) is 0 Å². The topological polar surface area (TPSA) is 88.7 Å². The second kappa shape index (κ2) is 10.7. The molecule has 0 spiro atoms. The Labute approximate surface area is 194 Å². The van der Waals surface area contributed by atoms with Crippen molar-refractivity contribution in [2.45, 2.75) is 44.6 Å². The molecule has 1 saturated carbocycles. The standard InChI is InChI=1S/C23H28N4O2.HI/c24-23(27-20-7-6-17-2-1-3-18(17)14-20)25-13-12-16-4-10-21(11-5-16)29-15-22(28)26-19-8-9-19;/h4-7,10-11,14,19H,1-3,8-9,12-13,15H2,(H,26,28)(H3,24,25,27);1H. The van der Waals surface area contributed by atoms with Crippen LogP contribution in [0, 0.1) is 0 Å². The van der Waals surface area contributed by atoms with Crippen molar-refractivity contribution in [1.29, 1.82) is 0 Å². The number of rotatable bonds is 8. The van der Waals surface area contributed by atoms with Crippen LogP contribution < -0.4 is 21.1 Å². The lowest BCUT2D eigenvalue weighted by Gasteiger charge is -2.08. The molecule has 4 rings (SSSR count). The summed E-state index contributed by atoms with van der Waals surface area (Å²) in [5, 5.41) is 6.09. The molecule has 0 aromatic heterocycles. The third-order valence-corrected chi connectivity index (χ3v) is 5.29. The Morgan fingerprint density at radius 3 is 2.63 bits per heavy atom. The van der Waals surface area contributed by atoms with Crippen molar-refractivity contribution < 1.29 is 9.53 Å². The first kappa shape index (κ1) is 22.4. The first-order valence-corrected chi connectivity index (χ1v) is 10.4. The Kier molecular flexibility index (Phi) is 7.95. The highest BCUT2D eigenvalue weighted by atomic mass is 127. The van der Waals surface area contributed by atoms with E-state index in [0.717, 1.165) is 36.9 Å². The first-order valence-electron chi connectivity index (χ1n) is 10.4. The number of aryl methyl sites for hydroxylation is 2. The van der Waals surface area contributed by atoms with Gasteiger partial charge >= 0.3 is 0 Å². The summed E-state index contributed by atoms with van der Waals surface area (Å²) >= 11 is 0. The number of guanidine groups is 1. The summed E-state index contributed by atoms with van der Waals surface area (Å²) in [6.07, 6.45) is 6.50. The third-order valence-electron chi connectivity index (χ3n) is 5.29. The van der Waals surface area contributed by atoms with Gasteiger partial charge in [-0.05, 0) is 79.5 Å². The Morgan fingerprint density at radius 1 is 1.10 bits per heavy atom. The van der Waals surface area contributed by atoms with Crippen LogP contribution in [0.25, 0.3) is 0 Å². The maximum Gasteiger partial charge on any atom is 0.258 e. The number of aliphatic imine (C=N–C) groups is 1. The molecule has 1 amide bonds. The predicted octanol–water partition coefficient (Wildman–Crippen LogP) is 3.42. The molecule has 1 fully saturated rings. The van der Waals surface area contributed by atoms with Gasteiger partial charge in [-0.15, -0.1) is 24.0 Å². The number of amides is 1. The number of hydrogen-bond acceptors (Lipinski definition) is 3. The molecule has 160 valence electrons. The first-order chi connectivity index (χ1) is 14.2. The molecule has 0 aliphatic heterocycles. The Hall–Kier alpha value is -2.29. The van der Waals surface area contributed by atoms with E-state index in [2.05, 4.69) is 33.8 Å². The summed E-state index contributed by atoms with van der Waals surface area (Å²) in [5.41, 5.74) is 11.0. The molecule has 0 saturated heterocycles. The van der Waals surface area contributed by atoms with Crippen molar-refractivity contribution in [3.8, 4) is 5.75 Å². The second-order valence-electron chi connectivity index (χ2n) is 7.75. The zero-order chi connectivity index (χ0) is 20.1. The molecule has 2 aliphatic rings. The maximum atomic E-state index is 11.7. The lowest BCUT2D eigenvalue weighted by molar-refractivity contribution is -0.123. The van der Waals surface area contributed by atoms with Crippen molar-refractivity contribution in [3.05, 3.63) is 59.2 Å². The number of ether oxygens (including phenoxy) is 1. The molecule has 0 radical (unpaired) electrons. The largest absolute Gasteiger partial charge is 0.484 e. The Morgan fingerprint density at radius 2 is 1.87 bits per heavy atom. The Bertz CT molecular complexity index is 895. The fourth-order valence-corrected chi connectivity index (χ4v) is 3.54. The van der Waals surface area contributed by atoms with Crippen molar-refractivity contribution >= 4 is 41.5 Å². The van der Waals surface area contributed by atoms with E-state index in [1.807, 2.05) is 24.3 Å². The van der Waals surface area contributed by atoms with E-state index in [-0.39, 0.29) is 36.5 Å². The van der Waals surface area contributed by atoms with E-state index in [1.54, 1.807) is 0 Å². The molecule has 7 heteroatoms. The maximum absolute atomic E-state index is 11.7. The fraction of sp³-hybridized carbons (Fsp3) is 0.391. The van der Waals surface area contributed by atoms with Gasteiger partial charge in [0.05, 0.1) is 0 Å². The van der Waals surface area contributed by atoms with Crippen LogP contribution >= 0.6 is 24.0 Å². The molecule has 6 nitrogen and oxygen atoms in total. The average Bonchev–Trinajstić information content (AvgIpc) is 3.40. The van der Waals surface area contributed by atoms with E-state index in [9.17, 15) is 4.79 Å². The molecule has 0 unspecified atom stereocenters. The summed E-state index contributed by atoms with van der Waals surface area (Å²) in [4.78, 5) is 16.1. The van der Waals surface area contributed by atoms with Gasteiger partial charge in [-0.2, -0.15) is 0 Å². The number of nitrogens with one attached hydrogen (secondary N) is 2. The van der Waals surface area contributed by atoms with Crippen LogP contribution in [0.3, 0.4) is 0 Å². The molecule has 4 N–H and O–H groups in total. The minimum Gasteiger partial charge on any atom is -0.484 e. The molecular formula is C23H29IN4O2. The van der Waals surface area contributed by atoms with E-state index in [0.29, 0.717) is 24.3 Å². The monoisotopic (exact) mass is 520 g/mol. The van der Waals surface area contributed by atoms with Crippen LogP contribution in [-0.4, -0.2) is 31.1 Å². The highest BCUT2D eigenvalue weighted by molar-refractivity contribution is 14.0. The van der Waals surface area contributed by atoms with Crippen LogP contribution in [0.4, 0.5) is 5.69 Å². The van der Waals surface area contributed by atoms with E-state index in [1.165, 1.54) is 24.0 Å². The van der Waals surface area contributed by atoms with Gasteiger partial charge in [-0.3, -0.25) is 9.79 Å². The lowest BCUT2D eigenvalue weighted by atomic mass is 10.1. The summed E-state index contributed by atoms with van der Waals surface area (Å²) in [7, 11) is 0. The normalized spacial score (nSPS) is 15.1. The summed E-state index contributed by atoms with van der Waals surface area (Å²) in [6.45, 7) is 0.665. The van der Waals surface area contributed by atoms with Gasteiger partial charge in [-0.25, -0.2) is 0 Å². The molecule has 2 aliphatic carbocycles. The highest BCUT2D eigenvalue weighted by Crippen LogP contribution is 2.24. The van der Waals surface area contributed by atoms with Crippen LogP contribution in [-0.2, 0) is 24.1 Å². The van der Waals surface area contributed by atoms with Crippen LogP contribution in [0.15, 0.2) is 47.5 Å². The van der Waals surface area contributed by atoms with Crippen LogP contribution in [0.1, 0.15) is 36.0 Å². The lowest BCUT2D eigenvalue weighted by Crippen LogP contribution is -2.30. The number of fused-ring (bicyclic) bond motifs is 1. The summed E-state index contributed by atoms with van der Waals surface area (Å²) < 4.78 is 5.52. The predicted molar refractivity (Wildman–Crippen MR) is 131 cm³/mol. The van der Waals surface area contributed by atoms with Crippen molar-refractivity contribution in [2.75, 3.05) is 18.5 Å². The van der Waals surface area contributed by atoms with E-state index >= 15 is 0 Å². The molecule has 2 aromatic rings. The second-order valence-corrected chi connectivity index (χ2v) is 7.75. The van der Waals surface area contributed by atoms with Crippen molar-refractivity contribution in [2.24, 2.45) is 10.7 Å². The van der Waals surface area contributed by atoms with Gasteiger partial charge in [0.15, 0.2) is 12.6 Å². The average molecular weight is 520 g/mol. The number of anilines is 1. The van der Waals surface area contributed by atoms with Gasteiger partial charge in [0.1, 0.15) is 5.75 Å². The number of nitrogens with zero attached hydrogens (tertiary/aromatic N) is 1. The number of nitrogens with two attached hydrogens (primary N) is 1. The SMILES string of the molecule is I.NC(=NCCc1ccc(OCC(=O)NC2CC2)cc1)Nc1ccc2c(c1)CCC2. The summed E-state index contributed by atoms with van der Waals surface area (Å²) in [5.74, 6) is 1.07. The number of carbonyl (C=O) groups is 1. The van der Waals surface area contributed by atoms with Crippen molar-refractivity contribution in [1.82, 2.24) is 5.32 Å². The van der Waals surface area contributed by atoms with Crippen LogP contribution in [0.2, 0.25) is 0 Å². The number of hydrogen-bond donors (Lipinski definition) is 3. The highest BCUT2D eigenvalue weighted by Gasteiger charge is 2.23. The molecule has 0 heterocycles. The third kappa shape index (κ3) is 6.62. The zero-order valence-electron chi connectivity index (χ0n) is 17.0. The minimum absolute atomic E-state index is 0. The van der Waals surface area contributed by atoms with Gasteiger partial charge < -0.3 is 21.1 Å². The smallest absolute Gasteiger partial charge is 0.258 e. The molecule has 30 heavy (non-hydrogen) atoms. The number of benzene rings is 2. The minimum atomic E-state index is -0.0581. The van der Waals surface area contributed by atoms with Gasteiger partial charge in [0.25, 0.3) is 5.91 Å². The van der Waals surface area contributed by atoms with E-state index in [4.69, 9.17) is 10.5 Å².